The Kier molecular flexibility index (Phi) is 8.15. The minimum Gasteiger partial charge on any atom is -0.456 e. The van der Waals surface area contributed by atoms with E-state index in [1.165, 1.54) is 0 Å². The van der Waals surface area contributed by atoms with Gasteiger partial charge < -0.3 is 14.6 Å². The topological polar surface area (TPSA) is 60.3 Å². The van der Waals surface area contributed by atoms with Crippen molar-refractivity contribution in [1.82, 2.24) is 9.88 Å². The number of nitrogens with one attached hydrogen (secondary N) is 1. The SMILES string of the molecule is C=CC(=C)C(C)NC(=O)c1ccc2c(c1)c(C)c(C)n2Cc1ccc(-c2ccccc2C(=O)OC(C)(C)C)cc1. The van der Waals surface area contributed by atoms with Gasteiger partial charge in [-0.2, -0.15) is 0 Å². The molecule has 1 heterocycles. The molecule has 0 saturated carbocycles. The summed E-state index contributed by atoms with van der Waals surface area (Å²) in [6.45, 7) is 20.1. The molecule has 0 bridgehead atoms. The Balaban J connectivity index is 1.59. The second-order valence-corrected chi connectivity index (χ2v) is 11.2. The highest BCUT2D eigenvalue weighted by atomic mass is 16.6. The van der Waals surface area contributed by atoms with Crippen LogP contribution in [-0.2, 0) is 11.3 Å². The van der Waals surface area contributed by atoms with Gasteiger partial charge in [0.15, 0.2) is 0 Å². The van der Waals surface area contributed by atoms with E-state index in [0.717, 1.165) is 44.4 Å². The largest absolute Gasteiger partial charge is 0.456 e. The highest BCUT2D eigenvalue weighted by Crippen LogP contribution is 2.29. The van der Waals surface area contributed by atoms with Crippen LogP contribution in [0, 0.1) is 13.8 Å². The summed E-state index contributed by atoms with van der Waals surface area (Å²) in [4.78, 5) is 25.7. The standard InChI is InChI=1S/C35H38N2O3/c1-9-22(2)24(4)36-33(38)28-18-19-32-31(20-28)23(3)25(5)37(32)21-26-14-16-27(17-15-26)29-12-10-11-13-30(29)34(39)40-35(6,7)8/h9-20,24H,1-2,21H2,3-8H3,(H,36,38). The lowest BCUT2D eigenvalue weighted by Gasteiger charge is -2.20. The van der Waals surface area contributed by atoms with E-state index in [2.05, 4.69) is 49.0 Å². The fraction of sp³-hybridized carbons (Fsp3) is 0.257. The lowest BCUT2D eigenvalue weighted by atomic mass is 9.98. The van der Waals surface area contributed by atoms with Crippen LogP contribution in [0.2, 0.25) is 0 Å². The highest BCUT2D eigenvalue weighted by molar-refractivity contribution is 6.00. The van der Waals surface area contributed by atoms with E-state index in [9.17, 15) is 9.59 Å². The molecular weight excluding hydrogens is 496 g/mol. The molecule has 1 unspecified atom stereocenters. The van der Waals surface area contributed by atoms with Crippen LogP contribution >= 0.6 is 0 Å². The van der Waals surface area contributed by atoms with Crippen molar-refractivity contribution in [3.63, 3.8) is 0 Å². The van der Waals surface area contributed by atoms with Crippen LogP contribution in [0.1, 0.15) is 65.2 Å². The van der Waals surface area contributed by atoms with Crippen LogP contribution < -0.4 is 5.32 Å². The number of aromatic nitrogens is 1. The first-order valence-corrected chi connectivity index (χ1v) is 13.5. The molecule has 40 heavy (non-hydrogen) atoms. The molecule has 1 atom stereocenters. The number of fused-ring (bicyclic) bond motifs is 1. The lowest BCUT2D eigenvalue weighted by Crippen LogP contribution is -2.33. The summed E-state index contributed by atoms with van der Waals surface area (Å²) >= 11 is 0. The molecule has 5 heteroatoms. The van der Waals surface area contributed by atoms with Crippen molar-refractivity contribution in [3.8, 4) is 11.1 Å². The molecule has 0 spiro atoms. The fourth-order valence-electron chi connectivity index (χ4n) is 4.76. The zero-order valence-electron chi connectivity index (χ0n) is 24.3. The molecule has 206 valence electrons. The van der Waals surface area contributed by atoms with Crippen molar-refractivity contribution in [2.24, 2.45) is 0 Å². The summed E-state index contributed by atoms with van der Waals surface area (Å²) in [5.74, 6) is -0.463. The van der Waals surface area contributed by atoms with Crippen LogP contribution in [0.5, 0.6) is 0 Å². The van der Waals surface area contributed by atoms with E-state index < -0.39 is 5.60 Å². The summed E-state index contributed by atoms with van der Waals surface area (Å²) < 4.78 is 7.90. The monoisotopic (exact) mass is 534 g/mol. The van der Waals surface area contributed by atoms with Crippen molar-refractivity contribution in [1.29, 1.82) is 0 Å². The number of carbonyl (C=O) groups is 2. The average molecular weight is 535 g/mol. The number of esters is 1. The van der Waals surface area contributed by atoms with Crippen LogP contribution in [-0.4, -0.2) is 28.1 Å². The van der Waals surface area contributed by atoms with Gasteiger partial charge in [-0.3, -0.25) is 4.79 Å². The van der Waals surface area contributed by atoms with Gasteiger partial charge in [0.2, 0.25) is 0 Å². The number of rotatable bonds is 8. The van der Waals surface area contributed by atoms with Gasteiger partial charge in [0, 0.05) is 28.7 Å². The first-order valence-electron chi connectivity index (χ1n) is 13.5. The van der Waals surface area contributed by atoms with Crippen molar-refractivity contribution in [2.45, 2.75) is 59.7 Å². The van der Waals surface area contributed by atoms with Crippen LogP contribution in [0.25, 0.3) is 22.0 Å². The first kappa shape index (κ1) is 28.6. The normalized spacial score (nSPS) is 12.2. The van der Waals surface area contributed by atoms with Gasteiger partial charge in [0.1, 0.15) is 5.60 Å². The molecule has 0 radical (unpaired) electrons. The molecule has 0 aliphatic carbocycles. The van der Waals surface area contributed by atoms with E-state index in [4.69, 9.17) is 4.74 Å². The molecule has 0 aliphatic rings. The maximum absolute atomic E-state index is 12.9. The summed E-state index contributed by atoms with van der Waals surface area (Å²) in [5, 5.41) is 4.05. The Bertz CT molecular complexity index is 1600. The molecule has 0 saturated heterocycles. The molecule has 1 amide bonds. The Morgan fingerprint density at radius 2 is 1.70 bits per heavy atom. The molecule has 1 aromatic heterocycles. The van der Waals surface area contributed by atoms with E-state index in [1.807, 2.05) is 76.2 Å². The minimum atomic E-state index is -0.562. The summed E-state index contributed by atoms with van der Waals surface area (Å²) in [7, 11) is 0. The minimum absolute atomic E-state index is 0.135. The predicted octanol–water partition coefficient (Wildman–Crippen LogP) is 7.79. The highest BCUT2D eigenvalue weighted by Gasteiger charge is 2.21. The van der Waals surface area contributed by atoms with Gasteiger partial charge in [0.05, 0.1) is 11.6 Å². The van der Waals surface area contributed by atoms with Crippen LogP contribution in [0.15, 0.2) is 91.5 Å². The van der Waals surface area contributed by atoms with E-state index in [0.29, 0.717) is 17.7 Å². The van der Waals surface area contributed by atoms with Gasteiger partial charge in [-0.25, -0.2) is 4.79 Å². The van der Waals surface area contributed by atoms with E-state index >= 15 is 0 Å². The number of hydrogen-bond donors (Lipinski definition) is 1. The summed E-state index contributed by atoms with van der Waals surface area (Å²) in [6, 6.07) is 21.5. The van der Waals surface area contributed by atoms with Crippen LogP contribution in [0.4, 0.5) is 0 Å². The number of ether oxygens (including phenoxy) is 1. The van der Waals surface area contributed by atoms with Gasteiger partial charge in [0.25, 0.3) is 5.91 Å². The third-order valence-electron chi connectivity index (χ3n) is 7.22. The second kappa shape index (κ2) is 11.4. The zero-order chi connectivity index (χ0) is 29.2. The lowest BCUT2D eigenvalue weighted by molar-refractivity contribution is 0.00703. The third kappa shape index (κ3) is 6.09. The maximum Gasteiger partial charge on any atom is 0.339 e. The van der Waals surface area contributed by atoms with E-state index in [1.54, 1.807) is 12.1 Å². The molecule has 5 nitrogen and oxygen atoms in total. The molecule has 3 aromatic carbocycles. The van der Waals surface area contributed by atoms with Crippen LogP contribution in [0.3, 0.4) is 0 Å². The number of hydrogen-bond acceptors (Lipinski definition) is 3. The van der Waals surface area contributed by atoms with Crippen molar-refractivity contribution in [2.75, 3.05) is 0 Å². The van der Waals surface area contributed by atoms with Gasteiger partial charge in [-0.1, -0.05) is 61.7 Å². The third-order valence-corrected chi connectivity index (χ3v) is 7.22. The van der Waals surface area contributed by atoms with Gasteiger partial charge in [-0.05, 0) is 93.6 Å². The zero-order valence-corrected chi connectivity index (χ0v) is 24.3. The number of aryl methyl sites for hydroxylation is 1. The molecule has 4 aromatic rings. The number of nitrogens with zero attached hydrogens (tertiary/aromatic N) is 1. The Morgan fingerprint density at radius 1 is 1.02 bits per heavy atom. The quantitative estimate of drug-likeness (QED) is 0.185. The molecule has 0 fully saturated rings. The van der Waals surface area contributed by atoms with Gasteiger partial charge >= 0.3 is 5.97 Å². The van der Waals surface area contributed by atoms with Crippen molar-refractivity contribution < 1.29 is 14.3 Å². The number of carbonyl (C=O) groups excluding carboxylic acids is 2. The fourth-order valence-corrected chi connectivity index (χ4v) is 4.76. The Morgan fingerprint density at radius 3 is 2.35 bits per heavy atom. The molecule has 0 aliphatic heterocycles. The Hall–Kier alpha value is -4.38. The van der Waals surface area contributed by atoms with Crippen molar-refractivity contribution in [3.05, 3.63) is 119 Å². The van der Waals surface area contributed by atoms with Gasteiger partial charge in [-0.15, -0.1) is 0 Å². The second-order valence-electron chi connectivity index (χ2n) is 11.2. The molecule has 1 N–H and O–H groups in total. The average Bonchev–Trinajstić information content (AvgIpc) is 3.16. The Labute approximate surface area is 237 Å². The number of benzene rings is 3. The molecule has 4 rings (SSSR count). The van der Waals surface area contributed by atoms with E-state index in [-0.39, 0.29) is 17.9 Å². The number of amides is 1. The summed E-state index contributed by atoms with van der Waals surface area (Å²) in [5.41, 5.74) is 7.70. The predicted molar refractivity (Wildman–Crippen MR) is 164 cm³/mol. The smallest absolute Gasteiger partial charge is 0.339 e. The van der Waals surface area contributed by atoms with Crippen molar-refractivity contribution >= 4 is 22.8 Å². The maximum atomic E-state index is 12.9. The summed E-state index contributed by atoms with van der Waals surface area (Å²) in [6.07, 6.45) is 1.66. The first-order chi connectivity index (χ1) is 18.9. The molecular formula is C35H38N2O3.